The van der Waals surface area contributed by atoms with E-state index >= 15 is 0 Å². The summed E-state index contributed by atoms with van der Waals surface area (Å²) in [7, 11) is 0. The third kappa shape index (κ3) is 1.75. The van der Waals surface area contributed by atoms with E-state index in [1.54, 1.807) is 0 Å². The van der Waals surface area contributed by atoms with Gasteiger partial charge in [0.1, 0.15) is 6.10 Å². The van der Waals surface area contributed by atoms with Crippen LogP contribution in [-0.4, -0.2) is 12.7 Å². The Kier molecular flexibility index (Phi) is 2.80. The van der Waals surface area contributed by atoms with Crippen molar-refractivity contribution in [2.45, 2.75) is 24.9 Å². The zero-order chi connectivity index (χ0) is 11.8. The van der Waals surface area contributed by atoms with Crippen LogP contribution in [0.5, 0.6) is 0 Å². The summed E-state index contributed by atoms with van der Waals surface area (Å²) >= 11 is 0. The van der Waals surface area contributed by atoms with Gasteiger partial charge in [0.05, 0.1) is 11.3 Å². The highest BCUT2D eigenvalue weighted by molar-refractivity contribution is 5.44. The minimum absolute atomic E-state index is 0.237. The van der Waals surface area contributed by atoms with Crippen LogP contribution >= 0.6 is 0 Å². The molecule has 1 unspecified atom stereocenters. The first kappa shape index (κ1) is 11.3. The number of halogens is 3. The van der Waals surface area contributed by atoms with E-state index in [9.17, 15) is 13.2 Å². The summed E-state index contributed by atoms with van der Waals surface area (Å²) in [5.41, 5.74) is 4.32. The molecule has 1 atom stereocenters. The molecule has 1 heterocycles. The van der Waals surface area contributed by atoms with Gasteiger partial charge in [-0.25, -0.2) is 4.39 Å². The molecule has 2 N–H and O–H groups in total. The second-order valence-corrected chi connectivity index (χ2v) is 3.83. The second kappa shape index (κ2) is 3.97. The molecule has 1 aliphatic heterocycles. The Balaban J connectivity index is 2.38. The SMILES string of the molecule is Nc1cccc(C(F)(F)C2CCCO2)c1F. The van der Waals surface area contributed by atoms with Gasteiger partial charge in [-0.3, -0.25) is 0 Å². The van der Waals surface area contributed by atoms with E-state index in [4.69, 9.17) is 10.5 Å². The van der Waals surface area contributed by atoms with Crippen LogP contribution in [-0.2, 0) is 10.7 Å². The van der Waals surface area contributed by atoms with Crippen molar-refractivity contribution in [2.24, 2.45) is 0 Å². The van der Waals surface area contributed by atoms with Gasteiger partial charge in [-0.2, -0.15) is 8.78 Å². The molecule has 0 saturated carbocycles. The molecular weight excluding hydrogens is 219 g/mol. The summed E-state index contributed by atoms with van der Waals surface area (Å²) in [6, 6.07) is 3.62. The van der Waals surface area contributed by atoms with Crippen LogP contribution in [0.15, 0.2) is 18.2 Å². The molecule has 1 fully saturated rings. The van der Waals surface area contributed by atoms with Gasteiger partial charge >= 0.3 is 5.92 Å². The van der Waals surface area contributed by atoms with Crippen molar-refractivity contribution in [3.63, 3.8) is 0 Å². The third-order valence-corrected chi connectivity index (χ3v) is 2.72. The maximum Gasteiger partial charge on any atom is 0.301 e. The molecule has 1 saturated heterocycles. The summed E-state index contributed by atoms with van der Waals surface area (Å²) in [5, 5.41) is 0. The van der Waals surface area contributed by atoms with Crippen LogP contribution in [0.4, 0.5) is 18.9 Å². The van der Waals surface area contributed by atoms with E-state index in [0.717, 1.165) is 6.07 Å². The van der Waals surface area contributed by atoms with Crippen molar-refractivity contribution in [1.29, 1.82) is 0 Å². The van der Waals surface area contributed by atoms with Crippen LogP contribution in [0.1, 0.15) is 18.4 Å². The molecular formula is C11H12F3NO. The summed E-state index contributed by atoms with van der Waals surface area (Å²) in [6.07, 6.45) is -0.436. The molecule has 2 nitrogen and oxygen atoms in total. The molecule has 1 aliphatic rings. The lowest BCUT2D eigenvalue weighted by atomic mass is 10.00. The standard InChI is InChI=1S/C11H12F3NO/c12-10-7(3-1-4-8(10)15)11(13,14)9-5-2-6-16-9/h1,3-4,9H,2,5-6,15H2. The van der Waals surface area contributed by atoms with Crippen molar-refractivity contribution >= 4 is 5.69 Å². The Hall–Kier alpha value is -1.23. The van der Waals surface area contributed by atoms with Gasteiger partial charge < -0.3 is 10.5 Å². The molecule has 0 radical (unpaired) electrons. The Labute approximate surface area is 91.2 Å². The van der Waals surface area contributed by atoms with Crippen molar-refractivity contribution < 1.29 is 17.9 Å². The van der Waals surface area contributed by atoms with E-state index in [-0.39, 0.29) is 12.1 Å². The maximum absolute atomic E-state index is 13.9. The molecule has 1 aromatic carbocycles. The number of nitrogens with two attached hydrogens (primary N) is 1. The van der Waals surface area contributed by atoms with Crippen LogP contribution < -0.4 is 5.73 Å². The zero-order valence-corrected chi connectivity index (χ0v) is 8.55. The number of alkyl halides is 2. The second-order valence-electron chi connectivity index (χ2n) is 3.83. The average molecular weight is 231 g/mol. The highest BCUT2D eigenvalue weighted by Gasteiger charge is 2.45. The molecule has 0 amide bonds. The number of rotatable bonds is 2. The fraction of sp³-hybridized carbons (Fsp3) is 0.455. The van der Waals surface area contributed by atoms with Gasteiger partial charge in [0.15, 0.2) is 5.82 Å². The molecule has 0 spiro atoms. The van der Waals surface area contributed by atoms with E-state index in [1.165, 1.54) is 12.1 Å². The fourth-order valence-electron chi connectivity index (χ4n) is 1.84. The number of anilines is 1. The molecule has 1 aromatic rings. The lowest BCUT2D eigenvalue weighted by molar-refractivity contribution is -0.124. The van der Waals surface area contributed by atoms with Crippen molar-refractivity contribution in [3.8, 4) is 0 Å². The monoisotopic (exact) mass is 231 g/mol. The van der Waals surface area contributed by atoms with E-state index in [0.29, 0.717) is 13.0 Å². The summed E-state index contributed by atoms with van der Waals surface area (Å²) in [4.78, 5) is 0. The van der Waals surface area contributed by atoms with Gasteiger partial charge in [0.25, 0.3) is 0 Å². The number of nitrogen functional groups attached to an aromatic ring is 1. The van der Waals surface area contributed by atoms with Crippen molar-refractivity contribution in [3.05, 3.63) is 29.6 Å². The Bertz CT molecular complexity index is 389. The summed E-state index contributed by atoms with van der Waals surface area (Å²) < 4.78 is 46.2. The van der Waals surface area contributed by atoms with Gasteiger partial charge in [-0.1, -0.05) is 6.07 Å². The van der Waals surface area contributed by atoms with E-state index in [1.807, 2.05) is 0 Å². The quantitative estimate of drug-likeness (QED) is 0.794. The summed E-state index contributed by atoms with van der Waals surface area (Å²) in [5.74, 6) is -4.38. The molecule has 0 aromatic heterocycles. The number of hydrogen-bond acceptors (Lipinski definition) is 2. The van der Waals surface area contributed by atoms with Crippen LogP contribution in [0.3, 0.4) is 0 Å². The molecule has 2 rings (SSSR count). The normalized spacial score (nSPS) is 21.3. The lowest BCUT2D eigenvalue weighted by Gasteiger charge is -2.23. The third-order valence-electron chi connectivity index (χ3n) is 2.72. The van der Waals surface area contributed by atoms with Crippen molar-refractivity contribution in [2.75, 3.05) is 12.3 Å². The number of hydrogen-bond donors (Lipinski definition) is 1. The smallest absolute Gasteiger partial charge is 0.301 e. The first-order valence-electron chi connectivity index (χ1n) is 5.07. The predicted octanol–water partition coefficient (Wildman–Crippen LogP) is 2.68. The zero-order valence-electron chi connectivity index (χ0n) is 8.55. The predicted molar refractivity (Wildman–Crippen MR) is 53.7 cm³/mol. The van der Waals surface area contributed by atoms with Crippen LogP contribution in [0.2, 0.25) is 0 Å². The fourth-order valence-corrected chi connectivity index (χ4v) is 1.84. The molecule has 0 bridgehead atoms. The highest BCUT2D eigenvalue weighted by atomic mass is 19.3. The molecule has 5 heteroatoms. The largest absolute Gasteiger partial charge is 0.396 e. The minimum atomic E-state index is -3.32. The number of benzene rings is 1. The topological polar surface area (TPSA) is 35.2 Å². The Morgan fingerprint density at radius 1 is 1.38 bits per heavy atom. The molecule has 88 valence electrons. The van der Waals surface area contributed by atoms with E-state index in [2.05, 4.69) is 0 Å². The van der Waals surface area contributed by atoms with E-state index < -0.39 is 23.4 Å². The first-order chi connectivity index (χ1) is 7.53. The highest BCUT2D eigenvalue weighted by Crippen LogP contribution is 2.40. The lowest BCUT2D eigenvalue weighted by Crippen LogP contribution is -2.31. The van der Waals surface area contributed by atoms with Crippen LogP contribution in [0.25, 0.3) is 0 Å². The van der Waals surface area contributed by atoms with Crippen molar-refractivity contribution in [1.82, 2.24) is 0 Å². The Morgan fingerprint density at radius 3 is 2.75 bits per heavy atom. The minimum Gasteiger partial charge on any atom is -0.396 e. The van der Waals surface area contributed by atoms with Gasteiger partial charge in [0.2, 0.25) is 0 Å². The summed E-state index contributed by atoms with van der Waals surface area (Å²) in [6.45, 7) is 0.296. The molecule has 16 heavy (non-hydrogen) atoms. The Morgan fingerprint density at radius 2 is 2.12 bits per heavy atom. The van der Waals surface area contributed by atoms with Gasteiger partial charge in [-0.05, 0) is 25.0 Å². The first-order valence-corrected chi connectivity index (χ1v) is 5.07. The van der Waals surface area contributed by atoms with Gasteiger partial charge in [-0.15, -0.1) is 0 Å². The van der Waals surface area contributed by atoms with Gasteiger partial charge in [0, 0.05) is 6.61 Å². The maximum atomic E-state index is 13.9. The number of ether oxygens (including phenoxy) is 1. The average Bonchev–Trinajstić information content (AvgIpc) is 2.75. The van der Waals surface area contributed by atoms with Crippen LogP contribution in [0, 0.1) is 5.82 Å². The molecule has 0 aliphatic carbocycles.